The molecule has 0 amide bonds. The first kappa shape index (κ1) is 16.9. The molecule has 9 nitrogen and oxygen atoms in total. The van der Waals surface area contributed by atoms with E-state index in [1.165, 1.54) is 6.92 Å². The molecule has 0 aromatic heterocycles. The minimum absolute atomic E-state index is 0.276. The van der Waals surface area contributed by atoms with Gasteiger partial charge in [-0.2, -0.15) is 34.3 Å². The van der Waals surface area contributed by atoms with E-state index in [2.05, 4.69) is 8.62 Å². The SMILES string of the molecule is CCC(C)[P+](O)(O)O[P+](O)(O)O[P+](O)(O)O. The van der Waals surface area contributed by atoms with Crippen LogP contribution in [0.3, 0.4) is 0 Å². The molecule has 12 heteroatoms. The highest BCUT2D eigenvalue weighted by Gasteiger charge is 2.68. The maximum absolute atomic E-state index is 9.36. The van der Waals surface area contributed by atoms with Crippen LogP contribution in [0.1, 0.15) is 20.3 Å². The van der Waals surface area contributed by atoms with Crippen molar-refractivity contribution in [3.05, 3.63) is 0 Å². The summed E-state index contributed by atoms with van der Waals surface area (Å²) in [4.78, 5) is 62.0. The molecule has 0 aromatic rings. The zero-order valence-corrected chi connectivity index (χ0v) is 11.3. The van der Waals surface area contributed by atoms with Crippen LogP contribution in [0.5, 0.6) is 0 Å². The Bertz CT molecular complexity index is 225. The van der Waals surface area contributed by atoms with E-state index in [1.807, 2.05) is 0 Å². The van der Waals surface area contributed by atoms with E-state index >= 15 is 0 Å². The molecule has 7 N–H and O–H groups in total. The second kappa shape index (κ2) is 5.71. The van der Waals surface area contributed by atoms with Crippen LogP contribution in [0.25, 0.3) is 0 Å². The van der Waals surface area contributed by atoms with Gasteiger partial charge in [-0.15, -0.1) is 0 Å². The van der Waals surface area contributed by atoms with E-state index < -0.39 is 29.9 Å². The highest BCUT2D eigenvalue weighted by Crippen LogP contribution is 2.76. The van der Waals surface area contributed by atoms with Crippen molar-refractivity contribution >= 4 is 24.3 Å². The summed E-state index contributed by atoms with van der Waals surface area (Å²) in [7, 11) is -14.0. The first-order chi connectivity index (χ1) is 6.90. The van der Waals surface area contributed by atoms with Gasteiger partial charge in [0.2, 0.25) is 0 Å². The average molecular weight is 301 g/mol. The molecule has 0 heterocycles. The Balaban J connectivity index is 4.57. The monoisotopic (exact) mass is 301 g/mol. The van der Waals surface area contributed by atoms with Crippen LogP contribution in [0.15, 0.2) is 0 Å². The topological polar surface area (TPSA) is 160 Å². The van der Waals surface area contributed by atoms with E-state index in [9.17, 15) is 9.79 Å². The third-order valence-corrected chi connectivity index (χ3v) is 6.66. The van der Waals surface area contributed by atoms with Crippen molar-refractivity contribution in [1.29, 1.82) is 0 Å². The van der Waals surface area contributed by atoms with Crippen LogP contribution in [-0.2, 0) is 8.62 Å². The highest BCUT2D eigenvalue weighted by atomic mass is 31.3. The van der Waals surface area contributed by atoms with Crippen molar-refractivity contribution in [3.63, 3.8) is 0 Å². The Labute approximate surface area is 93.8 Å². The molecule has 0 aromatic carbocycles. The maximum Gasteiger partial charge on any atom is 0.662 e. The van der Waals surface area contributed by atoms with Gasteiger partial charge in [-0.1, -0.05) is 6.92 Å². The molecule has 0 aliphatic carbocycles. The summed E-state index contributed by atoms with van der Waals surface area (Å²) in [6.45, 7) is 2.99. The molecule has 0 saturated heterocycles. The van der Waals surface area contributed by atoms with Crippen molar-refractivity contribution in [1.82, 2.24) is 0 Å². The average Bonchev–Trinajstić information content (AvgIpc) is 1.95. The molecule has 16 heavy (non-hydrogen) atoms. The lowest BCUT2D eigenvalue weighted by Gasteiger charge is -2.14. The fourth-order valence-electron chi connectivity index (χ4n) is 0.632. The third kappa shape index (κ3) is 6.61. The number of hydrogen-bond donors (Lipinski definition) is 7. The third-order valence-electron chi connectivity index (χ3n) is 1.61. The number of rotatable bonds is 6. The molecule has 0 bridgehead atoms. The van der Waals surface area contributed by atoms with Gasteiger partial charge >= 0.3 is 24.3 Å². The smallest absolute Gasteiger partial charge is 0.189 e. The largest absolute Gasteiger partial charge is 0.662 e. The molecule has 0 aliphatic heterocycles. The van der Waals surface area contributed by atoms with Crippen molar-refractivity contribution in [2.75, 3.05) is 0 Å². The Kier molecular flexibility index (Phi) is 6.05. The van der Waals surface area contributed by atoms with Gasteiger partial charge in [-0.25, -0.2) is 0 Å². The maximum atomic E-state index is 9.36. The summed E-state index contributed by atoms with van der Waals surface area (Å²) in [5, 5.41) is 0. The molecule has 0 fully saturated rings. The van der Waals surface area contributed by atoms with Crippen molar-refractivity contribution in [2.24, 2.45) is 0 Å². The molecule has 0 rings (SSSR count). The summed E-state index contributed by atoms with van der Waals surface area (Å²) >= 11 is 0. The molecule has 0 saturated carbocycles. The van der Waals surface area contributed by atoms with Gasteiger partial charge in [-0.3, -0.25) is 0 Å². The highest BCUT2D eigenvalue weighted by molar-refractivity contribution is 7.75. The van der Waals surface area contributed by atoms with Crippen LogP contribution in [0, 0.1) is 0 Å². The van der Waals surface area contributed by atoms with Crippen molar-refractivity contribution in [2.45, 2.75) is 25.9 Å². The van der Waals surface area contributed by atoms with Gasteiger partial charge in [0.15, 0.2) is 5.66 Å². The van der Waals surface area contributed by atoms with Gasteiger partial charge in [0, 0.05) is 0 Å². The van der Waals surface area contributed by atoms with E-state index in [0.29, 0.717) is 0 Å². The standard InChI is InChI=1S/C4H16O9P3/c1-3-4(2)14(5,6)12-16(10,11)13-15(7,8)9/h4-11H,3H2,1-2H3/q+3. The Morgan fingerprint density at radius 1 is 0.938 bits per heavy atom. The van der Waals surface area contributed by atoms with Crippen molar-refractivity contribution in [3.8, 4) is 0 Å². The Morgan fingerprint density at radius 3 is 1.69 bits per heavy atom. The second-order valence-corrected chi connectivity index (χ2v) is 8.39. The summed E-state index contributed by atoms with van der Waals surface area (Å²) in [6, 6.07) is 0. The van der Waals surface area contributed by atoms with Crippen LogP contribution in [0.2, 0.25) is 0 Å². The van der Waals surface area contributed by atoms with Gasteiger partial charge in [0.1, 0.15) is 0 Å². The molecule has 0 radical (unpaired) electrons. The molecule has 0 spiro atoms. The van der Waals surface area contributed by atoms with Gasteiger partial charge in [0.05, 0.1) is 8.62 Å². The summed E-state index contributed by atoms with van der Waals surface area (Å²) in [5.74, 6) is 0. The van der Waals surface area contributed by atoms with Gasteiger partial charge < -0.3 is 0 Å². The number of hydrogen-bond acceptors (Lipinski definition) is 9. The van der Waals surface area contributed by atoms with Crippen LogP contribution in [0.4, 0.5) is 0 Å². The fraction of sp³-hybridized carbons (Fsp3) is 1.00. The van der Waals surface area contributed by atoms with Gasteiger partial charge in [0.25, 0.3) is 0 Å². The van der Waals surface area contributed by atoms with Crippen LogP contribution >= 0.6 is 24.3 Å². The fourth-order valence-corrected chi connectivity index (χ4v) is 4.53. The lowest BCUT2D eigenvalue weighted by atomic mass is 10.4. The summed E-state index contributed by atoms with van der Waals surface area (Å²) < 4.78 is 7.77. The van der Waals surface area contributed by atoms with E-state index in [-0.39, 0.29) is 6.42 Å². The van der Waals surface area contributed by atoms with Gasteiger partial charge in [-0.05, 0) is 13.3 Å². The van der Waals surface area contributed by atoms with Crippen molar-refractivity contribution < 1.29 is 42.9 Å². The minimum atomic E-state index is -4.94. The molecule has 98 valence electrons. The molecule has 1 unspecified atom stereocenters. The Hall–Kier alpha value is 0.930. The zero-order valence-electron chi connectivity index (χ0n) is 8.57. The van der Waals surface area contributed by atoms with Crippen LogP contribution < -0.4 is 0 Å². The molecule has 0 aliphatic rings. The van der Waals surface area contributed by atoms with E-state index in [0.717, 1.165) is 0 Å². The molecular formula is C4H16O9P3+3. The molecular weight excluding hydrogens is 285 g/mol. The minimum Gasteiger partial charge on any atom is -0.189 e. The normalized spacial score (nSPS) is 16.3. The van der Waals surface area contributed by atoms with Crippen LogP contribution in [-0.4, -0.2) is 39.9 Å². The second-order valence-electron chi connectivity index (χ2n) is 3.01. The summed E-state index contributed by atoms with van der Waals surface area (Å²) in [6.07, 6.45) is 0.276. The Morgan fingerprint density at radius 2 is 1.38 bits per heavy atom. The van der Waals surface area contributed by atoms with E-state index in [4.69, 9.17) is 24.5 Å². The molecule has 1 atom stereocenters. The summed E-state index contributed by atoms with van der Waals surface area (Å²) in [5.41, 5.74) is -0.793. The zero-order chi connectivity index (χ0) is 13.2. The lowest BCUT2D eigenvalue weighted by Crippen LogP contribution is -2.13. The predicted octanol–water partition coefficient (Wildman–Crippen LogP) is -0.118. The lowest BCUT2D eigenvalue weighted by molar-refractivity contribution is 0.166. The first-order valence-electron chi connectivity index (χ1n) is 4.08. The first-order valence-corrected chi connectivity index (χ1v) is 8.86. The predicted molar refractivity (Wildman–Crippen MR) is 58.2 cm³/mol. The van der Waals surface area contributed by atoms with E-state index in [1.54, 1.807) is 6.92 Å². The quantitative estimate of drug-likeness (QED) is 0.332.